The van der Waals surface area contributed by atoms with Crippen LogP contribution in [-0.2, 0) is 16.6 Å². The van der Waals surface area contributed by atoms with E-state index in [4.69, 9.17) is 16.3 Å². The minimum atomic E-state index is -0.985. The molecule has 0 amide bonds. The molecule has 0 saturated heterocycles. The molecule has 0 heterocycles. The van der Waals surface area contributed by atoms with Gasteiger partial charge in [-0.1, -0.05) is 47.5 Å². The third kappa shape index (κ3) is 5.01. The van der Waals surface area contributed by atoms with Crippen LogP contribution < -0.4 is 9.04 Å². The number of hydrogen-bond acceptors (Lipinski definition) is 3. The van der Waals surface area contributed by atoms with Crippen LogP contribution in [0, 0.1) is 6.92 Å². The maximum atomic E-state index is 12.1. The average Bonchev–Trinajstić information content (AvgIpc) is 2.74. The summed E-state index contributed by atoms with van der Waals surface area (Å²) in [5, 5.41) is 10.1. The highest BCUT2D eigenvalue weighted by Gasteiger charge is 2.25. The summed E-state index contributed by atoms with van der Waals surface area (Å²) in [5.74, 6) is -0.350. The molecule has 0 fully saturated rings. The molecule has 7 heteroatoms. The second kappa shape index (κ2) is 9.78. The van der Waals surface area contributed by atoms with Gasteiger partial charge in [-0.15, -0.1) is 0 Å². The van der Waals surface area contributed by atoms with Gasteiger partial charge >= 0.3 is 5.97 Å². The largest absolute Gasteiger partial charge is 0.496 e. The minimum Gasteiger partial charge on any atom is -0.496 e. The fraction of sp³-hybridized carbons (Fsp3) is 0.174. The molecule has 5 nitrogen and oxygen atoms in total. The van der Waals surface area contributed by atoms with Gasteiger partial charge in [-0.2, -0.15) is 0 Å². The number of ether oxygens (including phenoxy) is 1. The lowest BCUT2D eigenvalue weighted by Crippen LogP contribution is -2.27. The molecule has 30 heavy (non-hydrogen) atoms. The number of benzene rings is 3. The summed E-state index contributed by atoms with van der Waals surface area (Å²) in [6.45, 7) is 1.96. The molecule has 156 valence electrons. The molecule has 0 aliphatic rings. The molecular weight excluding hydrogens is 422 g/mol. The Morgan fingerprint density at radius 3 is 2.47 bits per heavy atom. The van der Waals surface area contributed by atoms with Crippen molar-refractivity contribution in [2.45, 2.75) is 19.4 Å². The highest BCUT2D eigenvalue weighted by molar-refractivity contribution is 7.67. The van der Waals surface area contributed by atoms with Crippen molar-refractivity contribution >= 4 is 35.1 Å². The normalized spacial score (nSPS) is 11.7. The molecular formula is C23H22ClNO4S. The van der Waals surface area contributed by atoms with Crippen molar-refractivity contribution in [2.75, 3.05) is 11.4 Å². The Morgan fingerprint density at radius 2 is 1.87 bits per heavy atom. The molecule has 3 aromatic carbocycles. The molecule has 1 unspecified atom stereocenters. The number of nitrogens with zero attached hydrogens (tertiary/aromatic N) is 1. The van der Waals surface area contributed by atoms with Crippen LogP contribution in [0.2, 0.25) is 5.02 Å². The van der Waals surface area contributed by atoms with E-state index in [1.165, 1.54) is 4.31 Å². The summed E-state index contributed by atoms with van der Waals surface area (Å²) in [4.78, 5) is 11.6. The summed E-state index contributed by atoms with van der Waals surface area (Å²) in [5.41, 5.74) is 4.06. The van der Waals surface area contributed by atoms with Crippen molar-refractivity contribution in [1.82, 2.24) is 0 Å². The van der Waals surface area contributed by atoms with E-state index in [-0.39, 0.29) is 18.3 Å². The van der Waals surface area contributed by atoms with E-state index in [1.807, 2.05) is 55.5 Å². The standard InChI is InChI=1S/C23H22ClNO4S/c1-15-6-9-19(10-7-15)25(30-28)21(14-23(26)27)17-8-11-22(29-2)20(13-17)16-4-3-5-18(24)12-16/h3-13,21,30H,14H2,1-2H3,(H,26,27). The van der Waals surface area contributed by atoms with Gasteiger partial charge in [-0.25, -0.2) is 4.21 Å². The SMILES string of the molecule is COc1ccc(C(CC(=O)O)N([SH]=O)c2ccc(C)cc2)cc1-c1cccc(Cl)c1. The zero-order chi connectivity index (χ0) is 21.7. The number of carboxylic acid groups (broad SMARTS) is 1. The van der Waals surface area contributed by atoms with Crippen molar-refractivity contribution in [2.24, 2.45) is 0 Å². The Hall–Kier alpha value is -2.83. The molecule has 0 radical (unpaired) electrons. The van der Waals surface area contributed by atoms with E-state index in [1.54, 1.807) is 25.3 Å². The number of thiol groups is 1. The van der Waals surface area contributed by atoms with E-state index in [0.717, 1.165) is 16.7 Å². The second-order valence-corrected chi connectivity index (χ2v) is 7.88. The molecule has 3 aromatic rings. The van der Waals surface area contributed by atoms with Gasteiger partial charge in [0.1, 0.15) is 17.6 Å². The first kappa shape index (κ1) is 21.9. The first-order valence-electron chi connectivity index (χ1n) is 9.27. The van der Waals surface area contributed by atoms with Crippen LogP contribution in [0.1, 0.15) is 23.6 Å². The number of halogens is 1. The van der Waals surface area contributed by atoms with Crippen molar-refractivity contribution in [1.29, 1.82) is 0 Å². The summed E-state index contributed by atoms with van der Waals surface area (Å²) in [7, 11) is 1.58. The molecule has 0 aliphatic carbocycles. The Balaban J connectivity index is 2.11. The molecule has 0 aliphatic heterocycles. The van der Waals surface area contributed by atoms with Gasteiger partial charge in [0.05, 0.1) is 19.6 Å². The van der Waals surface area contributed by atoms with Gasteiger partial charge < -0.3 is 9.84 Å². The first-order chi connectivity index (χ1) is 14.4. The van der Waals surface area contributed by atoms with Crippen LogP contribution in [0.5, 0.6) is 5.75 Å². The Kier molecular flexibility index (Phi) is 7.13. The lowest BCUT2D eigenvalue weighted by molar-refractivity contribution is -0.137. The van der Waals surface area contributed by atoms with Crippen LogP contribution in [0.25, 0.3) is 11.1 Å². The number of carboxylic acids is 1. The van der Waals surface area contributed by atoms with Crippen molar-refractivity contribution < 1.29 is 18.8 Å². The Bertz CT molecular complexity index is 1060. The maximum absolute atomic E-state index is 12.1. The van der Waals surface area contributed by atoms with Crippen LogP contribution in [0.15, 0.2) is 66.7 Å². The topological polar surface area (TPSA) is 66.8 Å². The van der Waals surface area contributed by atoms with Crippen molar-refractivity contribution in [3.8, 4) is 16.9 Å². The highest BCUT2D eigenvalue weighted by atomic mass is 35.5. The lowest BCUT2D eigenvalue weighted by atomic mass is 9.96. The predicted octanol–water partition coefficient (Wildman–Crippen LogP) is 5.21. The van der Waals surface area contributed by atoms with Crippen LogP contribution in [0.4, 0.5) is 5.69 Å². The monoisotopic (exact) mass is 443 g/mol. The zero-order valence-corrected chi connectivity index (χ0v) is 18.2. The number of carbonyl (C=O) groups is 1. The maximum Gasteiger partial charge on any atom is 0.305 e. The number of anilines is 1. The van der Waals surface area contributed by atoms with Gasteiger partial charge in [0.2, 0.25) is 0 Å². The smallest absolute Gasteiger partial charge is 0.305 e. The van der Waals surface area contributed by atoms with Gasteiger partial charge in [-0.05, 0) is 54.4 Å². The van der Waals surface area contributed by atoms with Gasteiger partial charge in [0.25, 0.3) is 0 Å². The number of aryl methyl sites for hydroxylation is 1. The van der Waals surface area contributed by atoms with E-state index in [0.29, 0.717) is 22.0 Å². The first-order valence-corrected chi connectivity index (χ1v) is 10.4. The molecule has 1 atom stereocenters. The highest BCUT2D eigenvalue weighted by Crippen LogP contribution is 2.37. The fourth-order valence-electron chi connectivity index (χ4n) is 3.31. The molecule has 1 N–H and O–H groups in total. The Morgan fingerprint density at radius 1 is 1.13 bits per heavy atom. The predicted molar refractivity (Wildman–Crippen MR) is 122 cm³/mol. The van der Waals surface area contributed by atoms with Gasteiger partial charge in [-0.3, -0.25) is 9.10 Å². The Labute approximate surface area is 184 Å². The molecule has 3 rings (SSSR count). The fourth-order valence-corrected chi connectivity index (χ4v) is 4.05. The summed E-state index contributed by atoms with van der Waals surface area (Å²) in [6, 6.07) is 19.6. The summed E-state index contributed by atoms with van der Waals surface area (Å²) < 4.78 is 19.1. The minimum absolute atomic E-state index is 0.218. The van der Waals surface area contributed by atoms with E-state index >= 15 is 0 Å². The number of methoxy groups -OCH3 is 1. The summed E-state index contributed by atoms with van der Waals surface area (Å²) in [6.07, 6.45) is -0.218. The molecule has 0 saturated carbocycles. The van der Waals surface area contributed by atoms with Crippen LogP contribution in [0.3, 0.4) is 0 Å². The average molecular weight is 444 g/mol. The zero-order valence-electron chi connectivity index (χ0n) is 16.6. The molecule has 0 aromatic heterocycles. The van der Waals surface area contributed by atoms with Crippen LogP contribution in [-0.4, -0.2) is 22.4 Å². The third-order valence-corrected chi connectivity index (χ3v) is 5.71. The molecule has 0 bridgehead atoms. The van der Waals surface area contributed by atoms with Gasteiger partial charge in [0.15, 0.2) is 0 Å². The van der Waals surface area contributed by atoms with E-state index < -0.39 is 12.0 Å². The van der Waals surface area contributed by atoms with E-state index in [9.17, 15) is 14.1 Å². The van der Waals surface area contributed by atoms with Crippen molar-refractivity contribution in [3.05, 3.63) is 82.9 Å². The van der Waals surface area contributed by atoms with Crippen molar-refractivity contribution in [3.63, 3.8) is 0 Å². The number of rotatable bonds is 8. The number of hydrogen-bond donors (Lipinski definition) is 2. The number of aliphatic carboxylic acids is 1. The third-order valence-electron chi connectivity index (χ3n) is 4.79. The van der Waals surface area contributed by atoms with Gasteiger partial charge in [0, 0.05) is 16.3 Å². The van der Waals surface area contributed by atoms with Crippen LogP contribution >= 0.6 is 11.6 Å². The second-order valence-electron chi connectivity index (χ2n) is 6.85. The molecule has 0 spiro atoms. The lowest BCUT2D eigenvalue weighted by Gasteiger charge is -2.28. The quantitative estimate of drug-likeness (QED) is 0.469. The summed E-state index contributed by atoms with van der Waals surface area (Å²) >= 11 is 5.86. The van der Waals surface area contributed by atoms with E-state index in [2.05, 4.69) is 0 Å².